The Labute approximate surface area is 151 Å². The fraction of sp³-hybridized carbons (Fsp3) is 0.619. The molecular weight excluding hydrogens is 312 g/mol. The molecule has 3 rings (SSSR count). The average molecular weight is 342 g/mol. The first-order valence-electron chi connectivity index (χ1n) is 9.79. The maximum Gasteiger partial charge on any atom is 0.226 e. The number of amides is 2. The summed E-state index contributed by atoms with van der Waals surface area (Å²) in [5.41, 5.74) is 1.21. The van der Waals surface area contributed by atoms with E-state index >= 15 is 0 Å². The van der Waals surface area contributed by atoms with Crippen molar-refractivity contribution >= 4 is 11.8 Å². The van der Waals surface area contributed by atoms with Crippen LogP contribution in [0.4, 0.5) is 0 Å². The van der Waals surface area contributed by atoms with Crippen LogP contribution in [-0.4, -0.2) is 41.2 Å². The van der Waals surface area contributed by atoms with Crippen molar-refractivity contribution in [3.05, 3.63) is 35.9 Å². The second kappa shape index (κ2) is 8.50. The van der Waals surface area contributed by atoms with E-state index in [1.165, 1.54) is 5.56 Å². The van der Waals surface area contributed by atoms with E-state index in [4.69, 9.17) is 0 Å². The van der Waals surface area contributed by atoms with Gasteiger partial charge in [-0.05, 0) is 37.2 Å². The smallest absolute Gasteiger partial charge is 0.226 e. The van der Waals surface area contributed by atoms with Gasteiger partial charge in [0.25, 0.3) is 0 Å². The van der Waals surface area contributed by atoms with Crippen molar-refractivity contribution in [3.8, 4) is 0 Å². The Balaban J connectivity index is 1.63. The fourth-order valence-corrected chi connectivity index (χ4v) is 4.31. The van der Waals surface area contributed by atoms with Crippen LogP contribution in [-0.2, 0) is 16.1 Å². The van der Waals surface area contributed by atoms with Crippen molar-refractivity contribution in [2.24, 2.45) is 11.8 Å². The van der Waals surface area contributed by atoms with Gasteiger partial charge in [-0.3, -0.25) is 9.59 Å². The Hall–Kier alpha value is -1.84. The van der Waals surface area contributed by atoms with Crippen molar-refractivity contribution in [1.29, 1.82) is 0 Å². The summed E-state index contributed by atoms with van der Waals surface area (Å²) < 4.78 is 0. The monoisotopic (exact) mass is 342 g/mol. The van der Waals surface area contributed by atoms with Gasteiger partial charge in [0.05, 0.1) is 0 Å². The van der Waals surface area contributed by atoms with E-state index in [1.807, 2.05) is 30.0 Å². The molecule has 0 aliphatic carbocycles. The molecule has 4 heteroatoms. The minimum Gasteiger partial charge on any atom is -0.343 e. The molecule has 1 aromatic rings. The number of hydrogen-bond donors (Lipinski definition) is 0. The van der Waals surface area contributed by atoms with Gasteiger partial charge in [-0.2, -0.15) is 0 Å². The zero-order valence-electron chi connectivity index (χ0n) is 15.3. The van der Waals surface area contributed by atoms with Gasteiger partial charge >= 0.3 is 0 Å². The fourth-order valence-electron chi connectivity index (χ4n) is 4.31. The van der Waals surface area contributed by atoms with Crippen molar-refractivity contribution in [3.63, 3.8) is 0 Å². The minimum atomic E-state index is 0.144. The summed E-state index contributed by atoms with van der Waals surface area (Å²) in [6.45, 7) is 5.16. The lowest BCUT2D eigenvalue weighted by Gasteiger charge is -2.36. The van der Waals surface area contributed by atoms with Gasteiger partial charge < -0.3 is 9.80 Å². The molecule has 0 aromatic heterocycles. The van der Waals surface area contributed by atoms with E-state index in [1.54, 1.807) is 0 Å². The Morgan fingerprint density at radius 3 is 2.44 bits per heavy atom. The molecule has 136 valence electrons. The van der Waals surface area contributed by atoms with Gasteiger partial charge in [-0.15, -0.1) is 0 Å². The highest BCUT2D eigenvalue weighted by molar-refractivity contribution is 5.79. The van der Waals surface area contributed by atoms with Crippen LogP contribution in [0.3, 0.4) is 0 Å². The van der Waals surface area contributed by atoms with Crippen LogP contribution < -0.4 is 0 Å². The molecule has 0 saturated carbocycles. The Morgan fingerprint density at radius 1 is 1.04 bits per heavy atom. The molecule has 2 saturated heterocycles. The summed E-state index contributed by atoms with van der Waals surface area (Å²) >= 11 is 0. The summed E-state index contributed by atoms with van der Waals surface area (Å²) in [5, 5.41) is 0. The third-order valence-corrected chi connectivity index (χ3v) is 5.80. The molecule has 0 spiro atoms. The van der Waals surface area contributed by atoms with E-state index in [0.717, 1.165) is 58.3 Å². The molecule has 0 bridgehead atoms. The zero-order valence-corrected chi connectivity index (χ0v) is 15.3. The standard InChI is InChI=1S/C21H30N2O2/c1-2-20(24)22-14-11-18(12-15-22)19-10-6-7-13-23(21(19)25)16-17-8-4-3-5-9-17/h3-5,8-9,18-19H,2,6-7,10-16H2,1H3/t19-/m0/s1. The van der Waals surface area contributed by atoms with Gasteiger partial charge in [-0.25, -0.2) is 0 Å². The van der Waals surface area contributed by atoms with E-state index in [9.17, 15) is 9.59 Å². The van der Waals surface area contributed by atoms with E-state index in [0.29, 0.717) is 18.2 Å². The van der Waals surface area contributed by atoms with Gasteiger partial charge in [-0.1, -0.05) is 43.7 Å². The maximum atomic E-state index is 13.2. The average Bonchev–Trinajstić information content (AvgIpc) is 2.84. The van der Waals surface area contributed by atoms with Crippen molar-refractivity contribution in [2.45, 2.75) is 52.0 Å². The quantitative estimate of drug-likeness (QED) is 0.841. The highest BCUT2D eigenvalue weighted by Crippen LogP contribution is 2.32. The molecule has 2 aliphatic rings. The van der Waals surface area contributed by atoms with E-state index in [-0.39, 0.29) is 11.8 Å². The number of likely N-dealkylation sites (tertiary alicyclic amines) is 2. The second-order valence-electron chi connectivity index (χ2n) is 7.42. The molecule has 2 aliphatic heterocycles. The molecule has 1 aromatic carbocycles. The van der Waals surface area contributed by atoms with Crippen LogP contribution >= 0.6 is 0 Å². The largest absolute Gasteiger partial charge is 0.343 e. The third kappa shape index (κ3) is 4.42. The van der Waals surface area contributed by atoms with Crippen LogP contribution in [0.25, 0.3) is 0 Å². The molecule has 4 nitrogen and oxygen atoms in total. The molecule has 0 unspecified atom stereocenters. The number of rotatable bonds is 4. The van der Waals surface area contributed by atoms with Crippen LogP contribution in [0.15, 0.2) is 30.3 Å². The first-order chi connectivity index (χ1) is 12.2. The number of hydrogen-bond acceptors (Lipinski definition) is 2. The van der Waals surface area contributed by atoms with Gasteiger partial charge in [0.1, 0.15) is 0 Å². The van der Waals surface area contributed by atoms with Crippen LogP contribution in [0.2, 0.25) is 0 Å². The van der Waals surface area contributed by atoms with Crippen LogP contribution in [0, 0.1) is 11.8 Å². The summed E-state index contributed by atoms with van der Waals surface area (Å²) in [6, 6.07) is 10.3. The molecule has 2 amide bonds. The van der Waals surface area contributed by atoms with Crippen molar-refractivity contribution in [1.82, 2.24) is 9.80 Å². The number of carbonyl (C=O) groups is 2. The lowest BCUT2D eigenvalue weighted by Crippen LogP contribution is -2.43. The topological polar surface area (TPSA) is 40.6 Å². The molecule has 0 N–H and O–H groups in total. The molecule has 2 fully saturated rings. The normalized spacial score (nSPS) is 22.8. The Bertz CT molecular complexity index is 579. The first-order valence-corrected chi connectivity index (χ1v) is 9.79. The minimum absolute atomic E-state index is 0.144. The molecule has 25 heavy (non-hydrogen) atoms. The summed E-state index contributed by atoms with van der Waals surface area (Å²) in [5.74, 6) is 1.16. The van der Waals surface area contributed by atoms with E-state index < -0.39 is 0 Å². The maximum absolute atomic E-state index is 13.2. The van der Waals surface area contributed by atoms with Crippen molar-refractivity contribution in [2.75, 3.05) is 19.6 Å². The Morgan fingerprint density at radius 2 is 1.76 bits per heavy atom. The summed E-state index contributed by atoms with van der Waals surface area (Å²) in [4.78, 5) is 29.1. The number of carbonyl (C=O) groups excluding carboxylic acids is 2. The zero-order chi connectivity index (χ0) is 17.6. The number of piperidine rings is 1. The first kappa shape index (κ1) is 18.0. The third-order valence-electron chi connectivity index (χ3n) is 5.80. The lowest BCUT2D eigenvalue weighted by atomic mass is 9.81. The van der Waals surface area contributed by atoms with Gasteiger partial charge in [0, 0.05) is 38.5 Å². The predicted octanol–water partition coefficient (Wildman–Crippen LogP) is 3.46. The SMILES string of the molecule is CCC(=O)N1CCC([C@@H]2CCCCN(Cc3ccccc3)C2=O)CC1. The Kier molecular flexibility index (Phi) is 6.11. The number of benzene rings is 1. The van der Waals surface area contributed by atoms with E-state index in [2.05, 4.69) is 17.0 Å². The molecule has 0 radical (unpaired) electrons. The summed E-state index contributed by atoms with van der Waals surface area (Å²) in [6.07, 6.45) is 5.77. The molecule has 1 atom stereocenters. The van der Waals surface area contributed by atoms with Crippen LogP contribution in [0.5, 0.6) is 0 Å². The highest BCUT2D eigenvalue weighted by Gasteiger charge is 2.35. The van der Waals surface area contributed by atoms with Crippen LogP contribution in [0.1, 0.15) is 51.0 Å². The summed E-state index contributed by atoms with van der Waals surface area (Å²) in [7, 11) is 0. The number of nitrogens with zero attached hydrogens (tertiary/aromatic N) is 2. The predicted molar refractivity (Wildman–Crippen MR) is 98.8 cm³/mol. The second-order valence-corrected chi connectivity index (χ2v) is 7.42. The lowest BCUT2D eigenvalue weighted by molar-refractivity contribution is -0.138. The molecule has 2 heterocycles. The van der Waals surface area contributed by atoms with Gasteiger partial charge in [0.2, 0.25) is 11.8 Å². The highest BCUT2D eigenvalue weighted by atomic mass is 16.2. The van der Waals surface area contributed by atoms with Gasteiger partial charge in [0.15, 0.2) is 0 Å². The molecular formula is C21H30N2O2. The van der Waals surface area contributed by atoms with Crippen molar-refractivity contribution < 1.29 is 9.59 Å².